The number of furan rings is 2. The van der Waals surface area contributed by atoms with Gasteiger partial charge in [0.05, 0.1) is 11.4 Å². The van der Waals surface area contributed by atoms with E-state index >= 15 is 0 Å². The summed E-state index contributed by atoms with van der Waals surface area (Å²) in [5.74, 6) is 0.634. The van der Waals surface area contributed by atoms with Crippen LogP contribution in [0, 0.1) is 0 Å². The molecule has 3 aromatic heterocycles. The van der Waals surface area contributed by atoms with Crippen LogP contribution in [-0.2, 0) is 0 Å². The van der Waals surface area contributed by atoms with Crippen molar-refractivity contribution in [2.75, 3.05) is 0 Å². The lowest BCUT2D eigenvalue weighted by Gasteiger charge is -2.13. The van der Waals surface area contributed by atoms with Crippen LogP contribution in [-0.4, -0.2) is 9.97 Å². The first-order valence-corrected chi connectivity index (χ1v) is 19.6. The van der Waals surface area contributed by atoms with Crippen LogP contribution in [0.1, 0.15) is 0 Å². The van der Waals surface area contributed by atoms with E-state index in [2.05, 4.69) is 182 Å². The van der Waals surface area contributed by atoms with Crippen LogP contribution in [0.4, 0.5) is 0 Å². The molecule has 0 spiro atoms. The Kier molecular flexibility index (Phi) is 6.41. The molecule has 0 aliphatic heterocycles. The van der Waals surface area contributed by atoms with E-state index in [0.29, 0.717) is 5.82 Å². The minimum Gasteiger partial charge on any atom is -0.455 e. The molecule has 0 radical (unpaired) electrons. The smallest absolute Gasteiger partial charge is 0.161 e. The summed E-state index contributed by atoms with van der Waals surface area (Å²) in [4.78, 5) is 10.9. The van der Waals surface area contributed by atoms with Crippen LogP contribution in [0.3, 0.4) is 0 Å². The Morgan fingerprint density at radius 3 is 1.19 bits per heavy atom. The van der Waals surface area contributed by atoms with Gasteiger partial charge in [-0.15, -0.1) is 0 Å². The molecule has 0 unspecified atom stereocenters. The third-order valence-electron chi connectivity index (χ3n) is 12.0. The molecule has 0 saturated carbocycles. The third-order valence-corrected chi connectivity index (χ3v) is 12.0. The lowest BCUT2D eigenvalue weighted by Crippen LogP contribution is -1.97. The Hall–Kier alpha value is -7.82. The van der Waals surface area contributed by atoms with Crippen LogP contribution in [0.2, 0.25) is 0 Å². The number of hydrogen-bond donors (Lipinski definition) is 0. The quantitative estimate of drug-likeness (QED) is 0.181. The molecule has 58 heavy (non-hydrogen) atoms. The molecular weight excluding hydrogens is 709 g/mol. The molecule has 0 amide bonds. The fourth-order valence-corrected chi connectivity index (χ4v) is 9.42. The summed E-state index contributed by atoms with van der Waals surface area (Å²) in [7, 11) is 0. The van der Waals surface area contributed by atoms with Crippen LogP contribution >= 0.6 is 0 Å². The number of hydrogen-bond acceptors (Lipinski definition) is 4. The largest absolute Gasteiger partial charge is 0.455 e. The number of nitrogens with zero attached hydrogens (tertiary/aromatic N) is 2. The maximum Gasteiger partial charge on any atom is 0.161 e. The van der Waals surface area contributed by atoms with Gasteiger partial charge in [0.2, 0.25) is 0 Å². The molecule has 268 valence electrons. The Bertz CT molecular complexity index is 3660. The molecule has 0 saturated heterocycles. The van der Waals surface area contributed by atoms with Crippen LogP contribution in [0.5, 0.6) is 0 Å². The summed E-state index contributed by atoms with van der Waals surface area (Å²) in [6, 6.07) is 64.1. The molecule has 13 aromatic rings. The van der Waals surface area contributed by atoms with Crippen molar-refractivity contribution in [2.45, 2.75) is 0 Å². The first-order valence-electron chi connectivity index (χ1n) is 19.6. The van der Waals surface area contributed by atoms with Crippen molar-refractivity contribution < 1.29 is 8.83 Å². The highest BCUT2D eigenvalue weighted by atomic mass is 16.3. The van der Waals surface area contributed by atoms with E-state index in [1.54, 1.807) is 0 Å². The summed E-state index contributed by atoms with van der Waals surface area (Å²) < 4.78 is 13.9. The van der Waals surface area contributed by atoms with Gasteiger partial charge in [0.25, 0.3) is 0 Å². The minimum atomic E-state index is 0.634. The summed E-state index contributed by atoms with van der Waals surface area (Å²) in [5, 5.41) is 15.8. The van der Waals surface area contributed by atoms with Crippen molar-refractivity contribution in [1.29, 1.82) is 0 Å². The summed E-state index contributed by atoms with van der Waals surface area (Å²) >= 11 is 0. The third kappa shape index (κ3) is 4.45. The van der Waals surface area contributed by atoms with Gasteiger partial charge in [-0.05, 0) is 84.2 Å². The molecule has 3 heterocycles. The van der Waals surface area contributed by atoms with Crippen molar-refractivity contribution in [2.24, 2.45) is 0 Å². The second-order valence-electron chi connectivity index (χ2n) is 15.2. The SMILES string of the molecule is c1ccc2c(-c3nc(-c4cc5ccccc5c5c4oc4ccc6ccccc6c45)cc(-c4cc5ccccc5c5c4oc4ccc6ccccc6c45)n3)cccc2c1. The van der Waals surface area contributed by atoms with E-state index in [0.717, 1.165) is 115 Å². The highest BCUT2D eigenvalue weighted by molar-refractivity contribution is 6.30. The maximum atomic E-state index is 6.95. The molecule has 0 aliphatic carbocycles. The van der Waals surface area contributed by atoms with E-state index in [4.69, 9.17) is 18.8 Å². The van der Waals surface area contributed by atoms with Gasteiger partial charge in [-0.1, -0.05) is 152 Å². The molecular formula is C54H30N2O2. The van der Waals surface area contributed by atoms with E-state index in [1.165, 1.54) is 10.8 Å². The van der Waals surface area contributed by atoms with E-state index in [1.807, 2.05) is 0 Å². The first kappa shape index (κ1) is 31.4. The van der Waals surface area contributed by atoms with Crippen molar-refractivity contribution >= 4 is 97.7 Å². The Morgan fingerprint density at radius 1 is 0.293 bits per heavy atom. The number of fused-ring (bicyclic) bond motifs is 15. The molecule has 0 atom stereocenters. The number of rotatable bonds is 3. The number of aromatic nitrogens is 2. The molecule has 4 heteroatoms. The van der Waals surface area contributed by atoms with Gasteiger partial charge in [-0.3, -0.25) is 0 Å². The van der Waals surface area contributed by atoms with Crippen LogP contribution in [0.15, 0.2) is 191 Å². The van der Waals surface area contributed by atoms with Gasteiger partial charge >= 0.3 is 0 Å². The Labute approximate surface area is 331 Å². The highest BCUT2D eigenvalue weighted by Gasteiger charge is 2.24. The summed E-state index contributed by atoms with van der Waals surface area (Å²) in [6.07, 6.45) is 0. The topological polar surface area (TPSA) is 52.1 Å². The molecule has 13 rings (SSSR count). The van der Waals surface area contributed by atoms with Crippen molar-refractivity contribution in [3.8, 4) is 33.9 Å². The van der Waals surface area contributed by atoms with Gasteiger partial charge in [0, 0.05) is 38.2 Å². The molecule has 0 aliphatic rings. The zero-order valence-electron chi connectivity index (χ0n) is 31.0. The van der Waals surface area contributed by atoms with Gasteiger partial charge < -0.3 is 8.83 Å². The maximum absolute atomic E-state index is 6.95. The average molecular weight is 739 g/mol. The van der Waals surface area contributed by atoms with Gasteiger partial charge in [0.15, 0.2) is 5.82 Å². The Balaban J connectivity index is 1.18. The molecule has 0 fully saturated rings. The van der Waals surface area contributed by atoms with Crippen LogP contribution < -0.4 is 0 Å². The predicted octanol–water partition coefficient (Wildman–Crippen LogP) is 15.0. The monoisotopic (exact) mass is 738 g/mol. The molecule has 10 aromatic carbocycles. The summed E-state index contributed by atoms with van der Waals surface area (Å²) in [5.41, 5.74) is 7.63. The Morgan fingerprint density at radius 2 is 0.690 bits per heavy atom. The van der Waals surface area contributed by atoms with Crippen molar-refractivity contribution in [3.05, 3.63) is 182 Å². The molecule has 0 bridgehead atoms. The second kappa shape index (κ2) is 11.8. The first-order chi connectivity index (χ1) is 28.7. The standard InChI is InChI=1S/C54H30N2O2/c1-6-18-36-31(12-1)17-11-23-41(36)54-55-44(42-28-34-15-4-9-21-39(34)50-48-37-19-7-2-13-32(37)24-26-46(48)57-52(42)50)30-45(56-54)43-29-35-16-5-10-22-40(35)51-49-38-20-8-3-14-33(38)25-27-47(49)58-53(43)51/h1-30H. The van der Waals surface area contributed by atoms with Gasteiger partial charge in [-0.2, -0.15) is 0 Å². The average Bonchev–Trinajstić information content (AvgIpc) is 3.89. The van der Waals surface area contributed by atoms with E-state index < -0.39 is 0 Å². The van der Waals surface area contributed by atoms with Gasteiger partial charge in [-0.25, -0.2) is 9.97 Å². The predicted molar refractivity (Wildman–Crippen MR) is 240 cm³/mol. The molecule has 0 N–H and O–H groups in total. The fraction of sp³-hybridized carbons (Fsp3) is 0. The summed E-state index contributed by atoms with van der Waals surface area (Å²) in [6.45, 7) is 0. The molecule has 4 nitrogen and oxygen atoms in total. The van der Waals surface area contributed by atoms with Crippen LogP contribution in [0.25, 0.3) is 132 Å². The lowest BCUT2D eigenvalue weighted by molar-refractivity contribution is 0.670. The minimum absolute atomic E-state index is 0.634. The highest BCUT2D eigenvalue weighted by Crippen LogP contribution is 2.46. The lowest BCUT2D eigenvalue weighted by atomic mass is 9.94. The van der Waals surface area contributed by atoms with E-state index in [-0.39, 0.29) is 0 Å². The van der Waals surface area contributed by atoms with E-state index in [9.17, 15) is 0 Å². The normalized spacial score (nSPS) is 12.1. The van der Waals surface area contributed by atoms with Crippen molar-refractivity contribution in [3.63, 3.8) is 0 Å². The second-order valence-corrected chi connectivity index (χ2v) is 15.2. The van der Waals surface area contributed by atoms with Gasteiger partial charge in [0.1, 0.15) is 22.3 Å². The zero-order chi connectivity index (χ0) is 37.9. The zero-order valence-corrected chi connectivity index (χ0v) is 31.0. The fourth-order valence-electron chi connectivity index (χ4n) is 9.42. The number of benzene rings is 10. The van der Waals surface area contributed by atoms with Crippen molar-refractivity contribution in [1.82, 2.24) is 9.97 Å².